The van der Waals surface area contributed by atoms with E-state index in [-0.39, 0.29) is 36.0 Å². The number of likely N-dealkylation sites (tertiary alicyclic amines) is 1. The first-order valence-corrected chi connectivity index (χ1v) is 11.5. The van der Waals surface area contributed by atoms with Gasteiger partial charge >= 0.3 is 6.18 Å². The fraction of sp³-hybridized carbons (Fsp3) is 0.500. The van der Waals surface area contributed by atoms with Gasteiger partial charge in [-0.05, 0) is 49.9 Å². The molecule has 0 saturated carbocycles. The lowest BCUT2D eigenvalue weighted by Crippen LogP contribution is -2.44. The summed E-state index contributed by atoms with van der Waals surface area (Å²) in [5.74, 6) is 1.91. The third-order valence-corrected chi connectivity index (χ3v) is 6.52. The third kappa shape index (κ3) is 5.11. The molecule has 2 atom stereocenters. The maximum Gasteiger partial charge on any atom is 0.433 e. The molecule has 1 saturated heterocycles. The number of carbonyl (C=O) groups excluding carboxylic acids is 1. The minimum atomic E-state index is -4.61. The smallest absolute Gasteiger partial charge is 0.433 e. The molecule has 6 nitrogen and oxygen atoms in total. The zero-order valence-electron chi connectivity index (χ0n) is 17.8. The Hall–Kier alpha value is -2.49. The van der Waals surface area contributed by atoms with E-state index in [0.29, 0.717) is 28.7 Å². The predicted molar refractivity (Wildman–Crippen MR) is 114 cm³/mol. The van der Waals surface area contributed by atoms with E-state index in [2.05, 4.69) is 16.9 Å². The van der Waals surface area contributed by atoms with Crippen molar-refractivity contribution in [2.45, 2.75) is 50.5 Å². The van der Waals surface area contributed by atoms with Crippen LogP contribution in [0.3, 0.4) is 0 Å². The number of halogens is 3. The van der Waals surface area contributed by atoms with E-state index in [9.17, 15) is 18.0 Å². The number of carbonyl (C=O) groups is 1. The van der Waals surface area contributed by atoms with E-state index < -0.39 is 11.9 Å². The fourth-order valence-electron chi connectivity index (χ4n) is 3.99. The van der Waals surface area contributed by atoms with E-state index >= 15 is 0 Å². The molecular formula is C22H24F3N3O3S. The van der Waals surface area contributed by atoms with Gasteiger partial charge in [-0.3, -0.25) is 4.79 Å². The van der Waals surface area contributed by atoms with E-state index in [1.807, 2.05) is 11.8 Å². The van der Waals surface area contributed by atoms with Crippen molar-refractivity contribution in [3.05, 3.63) is 30.0 Å². The Morgan fingerprint density at radius 3 is 2.72 bits per heavy atom. The van der Waals surface area contributed by atoms with Gasteiger partial charge in [0, 0.05) is 30.3 Å². The average molecular weight is 468 g/mol. The normalized spacial score (nSPS) is 20.5. The van der Waals surface area contributed by atoms with Gasteiger partial charge in [-0.25, -0.2) is 9.97 Å². The van der Waals surface area contributed by atoms with Crippen LogP contribution >= 0.6 is 11.8 Å². The van der Waals surface area contributed by atoms with Crippen molar-refractivity contribution in [1.82, 2.24) is 14.9 Å². The molecule has 0 N–H and O–H groups in total. The maximum absolute atomic E-state index is 13.4. The third-order valence-electron chi connectivity index (χ3n) is 5.67. The number of ether oxygens (including phenoxy) is 2. The zero-order chi connectivity index (χ0) is 22.9. The Bertz CT molecular complexity index is 1000. The second-order valence-electron chi connectivity index (χ2n) is 8.15. The SMILES string of the molecule is C[C@H]1CCN(C(=O)CCSc2nc(-c3ccc4c(c3)OCO4)cc(C(F)(F)F)n2)[C@H](C)C1. The predicted octanol–water partition coefficient (Wildman–Crippen LogP) is 5.02. The highest BCUT2D eigenvalue weighted by Gasteiger charge is 2.34. The summed E-state index contributed by atoms with van der Waals surface area (Å²) in [6, 6.07) is 5.97. The van der Waals surface area contributed by atoms with Gasteiger partial charge < -0.3 is 14.4 Å². The fourth-order valence-corrected chi connectivity index (χ4v) is 4.77. The molecule has 2 aromatic rings. The highest BCUT2D eigenvalue weighted by atomic mass is 32.2. The molecule has 2 aliphatic heterocycles. The number of thioether (sulfide) groups is 1. The number of nitrogens with zero attached hydrogens (tertiary/aromatic N) is 3. The van der Waals surface area contributed by atoms with Crippen molar-refractivity contribution >= 4 is 17.7 Å². The van der Waals surface area contributed by atoms with E-state index in [1.54, 1.807) is 18.2 Å². The van der Waals surface area contributed by atoms with Gasteiger partial charge in [-0.2, -0.15) is 13.2 Å². The van der Waals surface area contributed by atoms with Gasteiger partial charge in [0.25, 0.3) is 0 Å². The van der Waals surface area contributed by atoms with Crippen LogP contribution in [0, 0.1) is 5.92 Å². The number of hydrogen-bond acceptors (Lipinski definition) is 6. The van der Waals surface area contributed by atoms with E-state index in [0.717, 1.165) is 37.2 Å². The van der Waals surface area contributed by atoms with Gasteiger partial charge in [0.1, 0.15) is 5.69 Å². The molecule has 1 aromatic heterocycles. The first kappa shape index (κ1) is 22.7. The van der Waals surface area contributed by atoms with Crippen molar-refractivity contribution < 1.29 is 27.4 Å². The molecule has 0 unspecified atom stereocenters. The van der Waals surface area contributed by atoms with Gasteiger partial charge in [-0.15, -0.1) is 0 Å². The van der Waals surface area contributed by atoms with Crippen LogP contribution in [0.2, 0.25) is 0 Å². The van der Waals surface area contributed by atoms with Crippen LogP contribution in [0.1, 0.15) is 38.8 Å². The van der Waals surface area contributed by atoms with Crippen LogP contribution in [-0.2, 0) is 11.0 Å². The number of amides is 1. The van der Waals surface area contributed by atoms with Crippen molar-refractivity contribution in [3.8, 4) is 22.8 Å². The molecular weight excluding hydrogens is 443 g/mol. The molecule has 0 aliphatic carbocycles. The van der Waals surface area contributed by atoms with Gasteiger partial charge in [0.05, 0.1) is 5.69 Å². The van der Waals surface area contributed by atoms with E-state index in [4.69, 9.17) is 9.47 Å². The molecule has 1 aromatic carbocycles. The molecule has 172 valence electrons. The summed E-state index contributed by atoms with van der Waals surface area (Å²) in [5, 5.41) is -0.0133. The Morgan fingerprint density at radius 1 is 1.19 bits per heavy atom. The van der Waals surface area contributed by atoms with Crippen LogP contribution in [0.4, 0.5) is 13.2 Å². The quantitative estimate of drug-likeness (QED) is 0.455. The largest absolute Gasteiger partial charge is 0.454 e. The Labute approximate surface area is 188 Å². The molecule has 0 radical (unpaired) electrons. The molecule has 10 heteroatoms. The molecule has 1 amide bonds. The molecule has 2 aliphatic rings. The molecule has 32 heavy (non-hydrogen) atoms. The number of rotatable bonds is 5. The number of hydrogen-bond donors (Lipinski definition) is 0. The first-order valence-electron chi connectivity index (χ1n) is 10.5. The number of aromatic nitrogens is 2. The summed E-state index contributed by atoms with van der Waals surface area (Å²) in [6.45, 7) is 5.01. The summed E-state index contributed by atoms with van der Waals surface area (Å²) >= 11 is 1.05. The number of alkyl halides is 3. The summed E-state index contributed by atoms with van der Waals surface area (Å²) in [7, 11) is 0. The monoisotopic (exact) mass is 467 g/mol. The highest BCUT2D eigenvalue weighted by Crippen LogP contribution is 2.37. The number of piperidine rings is 1. The lowest BCUT2D eigenvalue weighted by molar-refractivity contribution is -0.141. The zero-order valence-corrected chi connectivity index (χ0v) is 18.6. The van der Waals surface area contributed by atoms with Crippen LogP contribution in [0.25, 0.3) is 11.3 Å². The van der Waals surface area contributed by atoms with Gasteiger partial charge in [0.15, 0.2) is 16.7 Å². The standard InChI is InChI=1S/C22H24F3N3O3S/c1-13-5-7-28(14(2)9-13)20(29)6-8-32-21-26-16(11-19(27-21)22(23,24)25)15-3-4-17-18(10-15)31-12-30-17/h3-4,10-11,13-14H,5-9,12H2,1-2H3/t13-,14+/m0/s1. The second kappa shape index (κ2) is 9.17. The minimum Gasteiger partial charge on any atom is -0.454 e. The second-order valence-corrected chi connectivity index (χ2v) is 9.21. The van der Waals surface area contributed by atoms with Crippen molar-refractivity contribution in [3.63, 3.8) is 0 Å². The van der Waals surface area contributed by atoms with Crippen LogP contribution in [-0.4, -0.2) is 45.9 Å². The Balaban J connectivity index is 1.48. The topological polar surface area (TPSA) is 64.6 Å². The highest BCUT2D eigenvalue weighted by molar-refractivity contribution is 7.99. The lowest BCUT2D eigenvalue weighted by Gasteiger charge is -2.36. The first-order chi connectivity index (χ1) is 15.2. The van der Waals surface area contributed by atoms with Crippen LogP contribution in [0.5, 0.6) is 11.5 Å². The molecule has 1 fully saturated rings. The van der Waals surface area contributed by atoms with Crippen molar-refractivity contribution in [2.75, 3.05) is 19.1 Å². The van der Waals surface area contributed by atoms with Crippen molar-refractivity contribution in [1.29, 1.82) is 0 Å². The van der Waals surface area contributed by atoms with Crippen molar-refractivity contribution in [2.24, 2.45) is 5.92 Å². The number of fused-ring (bicyclic) bond motifs is 1. The van der Waals surface area contributed by atoms with Crippen LogP contribution in [0.15, 0.2) is 29.4 Å². The Morgan fingerprint density at radius 2 is 1.97 bits per heavy atom. The van der Waals surface area contributed by atoms with E-state index in [1.165, 1.54) is 0 Å². The lowest BCUT2D eigenvalue weighted by atomic mass is 9.93. The minimum absolute atomic E-state index is 0.0133. The molecule has 3 heterocycles. The summed E-state index contributed by atoms with van der Waals surface area (Å²) in [6.07, 6.45) is -2.45. The summed E-state index contributed by atoms with van der Waals surface area (Å²) < 4.78 is 50.9. The maximum atomic E-state index is 13.4. The van der Waals surface area contributed by atoms with Gasteiger partial charge in [-0.1, -0.05) is 18.7 Å². The molecule has 4 rings (SSSR count). The summed E-state index contributed by atoms with van der Waals surface area (Å²) in [5.41, 5.74) is -0.415. The van der Waals surface area contributed by atoms with Gasteiger partial charge in [0.2, 0.25) is 12.7 Å². The van der Waals surface area contributed by atoms with Crippen LogP contribution < -0.4 is 9.47 Å². The average Bonchev–Trinajstić information content (AvgIpc) is 3.20. The molecule has 0 spiro atoms. The summed E-state index contributed by atoms with van der Waals surface area (Å²) in [4.78, 5) is 22.5. The Kier molecular flexibility index (Phi) is 6.50. The molecule has 0 bridgehead atoms. The number of benzene rings is 1.